The molecule has 1 aromatic heterocycles. The van der Waals surface area contributed by atoms with Crippen LogP contribution in [-0.4, -0.2) is 0 Å². The summed E-state index contributed by atoms with van der Waals surface area (Å²) in [7, 11) is 0. The maximum atomic E-state index is 6.53. The molecule has 2 unspecified atom stereocenters. The minimum Gasteiger partial charge on any atom is -0.321 e. The van der Waals surface area contributed by atoms with Gasteiger partial charge in [-0.2, -0.15) is 0 Å². The third kappa shape index (κ3) is 1.73. The summed E-state index contributed by atoms with van der Waals surface area (Å²) in [5.41, 5.74) is 7.89. The Morgan fingerprint density at radius 3 is 2.93 bits per heavy atom. The molecule has 1 aromatic rings. The van der Waals surface area contributed by atoms with Crippen LogP contribution < -0.4 is 5.73 Å². The van der Waals surface area contributed by atoms with Gasteiger partial charge in [0, 0.05) is 4.88 Å². The Labute approximate surface area is 90.3 Å². The molecule has 1 saturated carbocycles. The van der Waals surface area contributed by atoms with Gasteiger partial charge in [-0.25, -0.2) is 0 Å². The van der Waals surface area contributed by atoms with Crippen molar-refractivity contribution >= 4 is 11.3 Å². The smallest absolute Gasteiger partial charge is 0.0509 e. The van der Waals surface area contributed by atoms with E-state index < -0.39 is 0 Å². The molecular formula is C12H19NS. The van der Waals surface area contributed by atoms with Crippen LogP contribution in [0, 0.1) is 12.8 Å². The highest BCUT2D eigenvalue weighted by atomic mass is 32.1. The predicted molar refractivity (Wildman–Crippen MR) is 62.6 cm³/mol. The van der Waals surface area contributed by atoms with Crippen molar-refractivity contribution in [1.82, 2.24) is 0 Å². The summed E-state index contributed by atoms with van der Waals surface area (Å²) in [6.45, 7) is 4.50. The molecule has 1 aliphatic carbocycles. The summed E-state index contributed by atoms with van der Waals surface area (Å²) in [5, 5.41) is 2.17. The zero-order valence-corrected chi connectivity index (χ0v) is 9.86. The van der Waals surface area contributed by atoms with Crippen molar-refractivity contribution in [3.63, 3.8) is 0 Å². The second-order valence-electron chi connectivity index (χ2n) is 4.79. The molecular weight excluding hydrogens is 190 g/mol. The van der Waals surface area contributed by atoms with E-state index in [1.54, 1.807) is 0 Å². The topological polar surface area (TPSA) is 26.0 Å². The number of hydrogen-bond acceptors (Lipinski definition) is 2. The van der Waals surface area contributed by atoms with Gasteiger partial charge in [0.05, 0.1) is 5.54 Å². The second-order valence-corrected chi connectivity index (χ2v) is 5.71. The van der Waals surface area contributed by atoms with Crippen molar-refractivity contribution in [1.29, 1.82) is 0 Å². The lowest BCUT2D eigenvalue weighted by atomic mass is 9.75. The molecule has 0 spiro atoms. The average molecular weight is 209 g/mol. The summed E-state index contributed by atoms with van der Waals surface area (Å²) < 4.78 is 0. The first kappa shape index (κ1) is 10.2. The Bertz CT molecular complexity index is 318. The molecule has 0 radical (unpaired) electrons. The zero-order valence-electron chi connectivity index (χ0n) is 9.05. The molecule has 1 aliphatic rings. The molecule has 1 heterocycles. The first-order chi connectivity index (χ1) is 6.62. The van der Waals surface area contributed by atoms with E-state index in [-0.39, 0.29) is 5.54 Å². The minimum atomic E-state index is -0.0179. The maximum absolute atomic E-state index is 6.53. The molecule has 1 nitrogen and oxygen atoms in total. The van der Waals surface area contributed by atoms with Gasteiger partial charge < -0.3 is 5.73 Å². The molecule has 2 rings (SSSR count). The van der Waals surface area contributed by atoms with Gasteiger partial charge in [0.1, 0.15) is 0 Å². The van der Waals surface area contributed by atoms with E-state index in [2.05, 4.69) is 25.3 Å². The van der Waals surface area contributed by atoms with Crippen LogP contribution in [0.3, 0.4) is 0 Å². The largest absolute Gasteiger partial charge is 0.321 e. The lowest BCUT2D eigenvalue weighted by Gasteiger charge is -2.36. The molecule has 2 heteroatoms. The molecule has 2 atom stereocenters. The molecule has 2 N–H and O–H groups in total. The highest BCUT2D eigenvalue weighted by Crippen LogP contribution is 2.41. The van der Waals surface area contributed by atoms with Gasteiger partial charge in [0.25, 0.3) is 0 Å². The lowest BCUT2D eigenvalue weighted by molar-refractivity contribution is 0.242. The van der Waals surface area contributed by atoms with Crippen molar-refractivity contribution in [2.75, 3.05) is 0 Å². The predicted octanol–water partition coefficient (Wildman–Crippen LogP) is 3.42. The van der Waals surface area contributed by atoms with Crippen molar-refractivity contribution in [3.8, 4) is 0 Å². The summed E-state index contributed by atoms with van der Waals surface area (Å²) >= 11 is 1.83. The molecule has 0 saturated heterocycles. The number of rotatable bonds is 1. The molecule has 0 aromatic carbocycles. The maximum Gasteiger partial charge on any atom is 0.0509 e. The van der Waals surface area contributed by atoms with E-state index in [0.717, 1.165) is 12.3 Å². The Kier molecular flexibility index (Phi) is 2.67. The number of hydrogen-bond donors (Lipinski definition) is 1. The minimum absolute atomic E-state index is 0.0179. The Morgan fingerprint density at radius 2 is 2.36 bits per heavy atom. The zero-order chi connectivity index (χ0) is 10.2. The van der Waals surface area contributed by atoms with Gasteiger partial charge in [-0.05, 0) is 42.7 Å². The highest BCUT2D eigenvalue weighted by molar-refractivity contribution is 7.10. The number of thiophene rings is 1. The van der Waals surface area contributed by atoms with Crippen molar-refractivity contribution in [3.05, 3.63) is 21.9 Å². The first-order valence-corrected chi connectivity index (χ1v) is 6.33. The molecule has 78 valence electrons. The van der Waals surface area contributed by atoms with Gasteiger partial charge in [-0.1, -0.05) is 19.8 Å². The van der Waals surface area contributed by atoms with Crippen LogP contribution >= 0.6 is 11.3 Å². The summed E-state index contributed by atoms with van der Waals surface area (Å²) in [6.07, 6.45) is 4.96. The standard InChI is InChI=1S/C12H19NS/c1-9-4-3-6-12(13,8-9)11-10(2)5-7-14-11/h5,7,9H,3-4,6,8,13H2,1-2H3. The van der Waals surface area contributed by atoms with E-state index >= 15 is 0 Å². The fourth-order valence-electron chi connectivity index (χ4n) is 2.68. The van der Waals surface area contributed by atoms with Gasteiger partial charge in [-0.3, -0.25) is 0 Å². The quantitative estimate of drug-likeness (QED) is 0.753. The van der Waals surface area contributed by atoms with Gasteiger partial charge in [0.2, 0.25) is 0 Å². The second kappa shape index (κ2) is 3.67. The summed E-state index contributed by atoms with van der Waals surface area (Å²) in [4.78, 5) is 1.42. The van der Waals surface area contributed by atoms with Crippen molar-refractivity contribution < 1.29 is 0 Å². The fourth-order valence-corrected chi connectivity index (χ4v) is 3.76. The van der Waals surface area contributed by atoms with Gasteiger partial charge in [-0.15, -0.1) is 11.3 Å². The Hall–Kier alpha value is -0.340. The van der Waals surface area contributed by atoms with E-state index in [9.17, 15) is 0 Å². The summed E-state index contributed by atoms with van der Waals surface area (Å²) in [5.74, 6) is 0.787. The Morgan fingerprint density at radius 1 is 1.57 bits per heavy atom. The van der Waals surface area contributed by atoms with Crippen LogP contribution in [-0.2, 0) is 5.54 Å². The third-order valence-corrected chi connectivity index (χ3v) is 4.58. The van der Waals surface area contributed by atoms with Crippen LogP contribution in [0.25, 0.3) is 0 Å². The third-order valence-electron chi connectivity index (χ3n) is 3.35. The van der Waals surface area contributed by atoms with Crippen LogP contribution in [0.4, 0.5) is 0 Å². The first-order valence-electron chi connectivity index (χ1n) is 5.45. The highest BCUT2D eigenvalue weighted by Gasteiger charge is 2.34. The molecule has 0 aliphatic heterocycles. The molecule has 14 heavy (non-hydrogen) atoms. The Balaban J connectivity index is 2.27. The van der Waals surface area contributed by atoms with E-state index in [1.165, 1.54) is 29.7 Å². The fraction of sp³-hybridized carbons (Fsp3) is 0.667. The SMILES string of the molecule is Cc1ccsc1C1(N)CCCC(C)C1. The lowest BCUT2D eigenvalue weighted by Crippen LogP contribution is -2.40. The van der Waals surface area contributed by atoms with Gasteiger partial charge in [0.15, 0.2) is 0 Å². The van der Waals surface area contributed by atoms with Crippen LogP contribution in [0.15, 0.2) is 11.4 Å². The monoisotopic (exact) mass is 209 g/mol. The number of nitrogens with two attached hydrogens (primary N) is 1. The van der Waals surface area contributed by atoms with E-state index in [0.29, 0.717) is 0 Å². The van der Waals surface area contributed by atoms with Crippen molar-refractivity contribution in [2.45, 2.75) is 45.1 Å². The average Bonchev–Trinajstić information content (AvgIpc) is 2.51. The molecule has 0 amide bonds. The van der Waals surface area contributed by atoms with Crippen LogP contribution in [0.5, 0.6) is 0 Å². The van der Waals surface area contributed by atoms with E-state index in [1.807, 2.05) is 11.3 Å². The summed E-state index contributed by atoms with van der Waals surface area (Å²) in [6, 6.07) is 2.19. The normalized spacial score (nSPS) is 33.2. The van der Waals surface area contributed by atoms with Crippen LogP contribution in [0.2, 0.25) is 0 Å². The molecule has 1 fully saturated rings. The number of aryl methyl sites for hydroxylation is 1. The van der Waals surface area contributed by atoms with E-state index in [4.69, 9.17) is 5.73 Å². The molecule has 0 bridgehead atoms. The van der Waals surface area contributed by atoms with Crippen molar-refractivity contribution in [2.24, 2.45) is 11.7 Å². The van der Waals surface area contributed by atoms with Gasteiger partial charge >= 0.3 is 0 Å². The van der Waals surface area contributed by atoms with Crippen LogP contribution in [0.1, 0.15) is 43.0 Å².